The van der Waals surface area contributed by atoms with E-state index in [9.17, 15) is 22.8 Å². The molecule has 0 aliphatic carbocycles. The van der Waals surface area contributed by atoms with Gasteiger partial charge in [-0.15, -0.1) is 13.2 Å². The third-order valence-corrected chi connectivity index (χ3v) is 2.55. The fraction of sp³-hybridized carbons (Fsp3) is 0.385. The SMILES string of the molecule is CC(C)[C@H](NC(=O)c1cccc(OC(F)(F)F)c1)C(=O)O. The molecule has 1 aromatic rings. The van der Waals surface area contributed by atoms with Crippen LogP contribution in [0.5, 0.6) is 5.75 Å². The van der Waals surface area contributed by atoms with Crippen molar-refractivity contribution in [2.75, 3.05) is 0 Å². The van der Waals surface area contributed by atoms with Crippen molar-refractivity contribution in [2.45, 2.75) is 26.3 Å². The van der Waals surface area contributed by atoms with Gasteiger partial charge in [-0.3, -0.25) is 4.79 Å². The molecule has 0 fully saturated rings. The number of carbonyl (C=O) groups excluding carboxylic acids is 1. The molecule has 1 atom stereocenters. The standard InChI is InChI=1S/C13H14F3NO4/c1-7(2)10(12(19)20)17-11(18)8-4-3-5-9(6-8)21-13(14,15)16/h3-7,10H,1-2H3,(H,17,18)(H,19,20)/t10-/m0/s1. The molecule has 0 radical (unpaired) electrons. The number of rotatable bonds is 5. The average Bonchev–Trinajstić information content (AvgIpc) is 2.33. The van der Waals surface area contributed by atoms with Gasteiger partial charge < -0.3 is 15.2 Å². The molecule has 0 saturated heterocycles. The Balaban J connectivity index is 2.88. The number of ether oxygens (including phenoxy) is 1. The Kier molecular flexibility index (Phi) is 5.17. The molecule has 5 nitrogen and oxygen atoms in total. The van der Waals surface area contributed by atoms with Crippen LogP contribution in [-0.4, -0.2) is 29.4 Å². The summed E-state index contributed by atoms with van der Waals surface area (Å²) >= 11 is 0. The van der Waals surface area contributed by atoms with Crippen LogP contribution in [0.4, 0.5) is 13.2 Å². The molecule has 1 amide bonds. The molecule has 21 heavy (non-hydrogen) atoms. The van der Waals surface area contributed by atoms with Crippen LogP contribution in [0, 0.1) is 5.92 Å². The Morgan fingerprint density at radius 1 is 1.29 bits per heavy atom. The minimum atomic E-state index is -4.86. The van der Waals surface area contributed by atoms with Gasteiger partial charge in [0.05, 0.1) is 0 Å². The molecule has 1 rings (SSSR count). The van der Waals surface area contributed by atoms with Crippen molar-refractivity contribution in [1.29, 1.82) is 0 Å². The average molecular weight is 305 g/mol. The van der Waals surface area contributed by atoms with Gasteiger partial charge in [-0.1, -0.05) is 19.9 Å². The molecule has 1 aromatic carbocycles. The van der Waals surface area contributed by atoms with Crippen molar-refractivity contribution < 1.29 is 32.6 Å². The third-order valence-electron chi connectivity index (χ3n) is 2.55. The number of hydrogen-bond donors (Lipinski definition) is 2. The number of carboxylic acid groups (broad SMARTS) is 1. The van der Waals surface area contributed by atoms with Gasteiger partial charge in [0.15, 0.2) is 0 Å². The third kappa shape index (κ3) is 5.33. The van der Waals surface area contributed by atoms with Gasteiger partial charge in [0, 0.05) is 5.56 Å². The Morgan fingerprint density at radius 3 is 2.38 bits per heavy atom. The van der Waals surface area contributed by atoms with Crippen LogP contribution in [0.3, 0.4) is 0 Å². The van der Waals surface area contributed by atoms with Gasteiger partial charge in [-0.2, -0.15) is 0 Å². The predicted octanol–water partition coefficient (Wildman–Crippen LogP) is 2.42. The monoisotopic (exact) mass is 305 g/mol. The van der Waals surface area contributed by atoms with Gasteiger partial charge >= 0.3 is 12.3 Å². The second kappa shape index (κ2) is 6.47. The maximum Gasteiger partial charge on any atom is 0.573 e. The summed E-state index contributed by atoms with van der Waals surface area (Å²) in [5.41, 5.74) is -0.122. The van der Waals surface area contributed by atoms with E-state index in [1.807, 2.05) is 0 Å². The van der Waals surface area contributed by atoms with Crippen LogP contribution < -0.4 is 10.1 Å². The zero-order valence-corrected chi connectivity index (χ0v) is 11.3. The highest BCUT2D eigenvalue weighted by molar-refractivity contribution is 5.96. The number of halogens is 3. The van der Waals surface area contributed by atoms with E-state index in [2.05, 4.69) is 10.1 Å². The van der Waals surface area contributed by atoms with Gasteiger partial charge in [0.2, 0.25) is 0 Å². The first-order valence-corrected chi connectivity index (χ1v) is 5.99. The Labute approximate surface area is 118 Å². The smallest absolute Gasteiger partial charge is 0.480 e. The Hall–Kier alpha value is -2.25. The number of alkyl halides is 3. The lowest BCUT2D eigenvalue weighted by Crippen LogP contribution is -2.44. The van der Waals surface area contributed by atoms with Crippen LogP contribution in [0.15, 0.2) is 24.3 Å². The van der Waals surface area contributed by atoms with E-state index in [0.29, 0.717) is 0 Å². The lowest BCUT2D eigenvalue weighted by molar-refractivity contribution is -0.274. The van der Waals surface area contributed by atoms with Gasteiger partial charge in [0.1, 0.15) is 11.8 Å². The van der Waals surface area contributed by atoms with Gasteiger partial charge in [-0.25, -0.2) is 4.79 Å². The first kappa shape index (κ1) is 16.8. The normalized spacial score (nSPS) is 12.9. The molecule has 0 unspecified atom stereocenters. The zero-order chi connectivity index (χ0) is 16.2. The van der Waals surface area contributed by atoms with E-state index in [4.69, 9.17) is 5.11 Å². The fourth-order valence-electron chi connectivity index (χ4n) is 1.57. The van der Waals surface area contributed by atoms with Crippen molar-refractivity contribution in [3.63, 3.8) is 0 Å². The van der Waals surface area contributed by atoms with Gasteiger partial charge in [0.25, 0.3) is 5.91 Å². The fourth-order valence-corrected chi connectivity index (χ4v) is 1.57. The molecular weight excluding hydrogens is 291 g/mol. The van der Waals surface area contributed by atoms with E-state index < -0.39 is 30.0 Å². The van der Waals surface area contributed by atoms with E-state index in [1.165, 1.54) is 12.1 Å². The molecule has 0 heterocycles. The highest BCUT2D eigenvalue weighted by Gasteiger charge is 2.31. The molecule has 0 spiro atoms. The van der Waals surface area contributed by atoms with Crippen molar-refractivity contribution in [2.24, 2.45) is 5.92 Å². The minimum Gasteiger partial charge on any atom is -0.480 e. The Morgan fingerprint density at radius 2 is 1.90 bits per heavy atom. The molecule has 0 aromatic heterocycles. The summed E-state index contributed by atoms with van der Waals surface area (Å²) in [4.78, 5) is 22.8. The van der Waals surface area contributed by atoms with E-state index in [-0.39, 0.29) is 11.5 Å². The summed E-state index contributed by atoms with van der Waals surface area (Å²) in [7, 11) is 0. The summed E-state index contributed by atoms with van der Waals surface area (Å²) in [6, 6.07) is 3.27. The Bertz CT molecular complexity index is 528. The van der Waals surface area contributed by atoms with Crippen molar-refractivity contribution in [3.8, 4) is 5.75 Å². The maximum atomic E-state index is 12.1. The lowest BCUT2D eigenvalue weighted by atomic mass is 10.0. The molecule has 0 aliphatic rings. The highest BCUT2D eigenvalue weighted by Crippen LogP contribution is 2.23. The summed E-state index contributed by atoms with van der Waals surface area (Å²) in [5, 5.41) is 11.2. The van der Waals surface area contributed by atoms with Gasteiger partial charge in [-0.05, 0) is 24.1 Å². The lowest BCUT2D eigenvalue weighted by Gasteiger charge is -2.18. The molecular formula is C13H14F3NO4. The van der Waals surface area contributed by atoms with Crippen molar-refractivity contribution in [1.82, 2.24) is 5.32 Å². The second-order valence-electron chi connectivity index (χ2n) is 4.61. The molecule has 8 heteroatoms. The number of aliphatic carboxylic acids is 1. The van der Waals surface area contributed by atoms with Crippen molar-refractivity contribution in [3.05, 3.63) is 29.8 Å². The summed E-state index contributed by atoms with van der Waals surface area (Å²) in [6.07, 6.45) is -4.86. The van der Waals surface area contributed by atoms with E-state index in [0.717, 1.165) is 12.1 Å². The predicted molar refractivity (Wildman–Crippen MR) is 66.9 cm³/mol. The van der Waals surface area contributed by atoms with E-state index >= 15 is 0 Å². The van der Waals surface area contributed by atoms with Crippen LogP contribution in [-0.2, 0) is 4.79 Å². The van der Waals surface area contributed by atoms with Crippen LogP contribution in [0.2, 0.25) is 0 Å². The topological polar surface area (TPSA) is 75.6 Å². The number of carbonyl (C=O) groups is 2. The molecule has 0 aliphatic heterocycles. The molecule has 0 saturated carbocycles. The molecule has 2 N–H and O–H groups in total. The molecule has 0 bridgehead atoms. The summed E-state index contributed by atoms with van der Waals surface area (Å²) in [5.74, 6) is -2.93. The number of nitrogens with one attached hydrogen (secondary N) is 1. The van der Waals surface area contributed by atoms with Crippen LogP contribution in [0.25, 0.3) is 0 Å². The number of carboxylic acids is 1. The number of benzene rings is 1. The zero-order valence-electron chi connectivity index (χ0n) is 11.3. The molecule has 116 valence electrons. The highest BCUT2D eigenvalue weighted by atomic mass is 19.4. The first-order chi connectivity index (χ1) is 9.60. The summed E-state index contributed by atoms with van der Waals surface area (Å²) in [6.45, 7) is 3.20. The van der Waals surface area contributed by atoms with Crippen LogP contribution >= 0.6 is 0 Å². The number of amides is 1. The van der Waals surface area contributed by atoms with Crippen LogP contribution in [0.1, 0.15) is 24.2 Å². The second-order valence-corrected chi connectivity index (χ2v) is 4.61. The maximum absolute atomic E-state index is 12.1. The number of hydrogen-bond acceptors (Lipinski definition) is 3. The van der Waals surface area contributed by atoms with Crippen molar-refractivity contribution >= 4 is 11.9 Å². The first-order valence-electron chi connectivity index (χ1n) is 5.99. The van der Waals surface area contributed by atoms with E-state index in [1.54, 1.807) is 13.8 Å². The minimum absolute atomic E-state index is 0.122. The summed E-state index contributed by atoms with van der Waals surface area (Å²) < 4.78 is 40.0. The quantitative estimate of drug-likeness (QED) is 0.876. The largest absolute Gasteiger partial charge is 0.573 e.